The topological polar surface area (TPSA) is 68.5 Å². The van der Waals surface area contributed by atoms with E-state index in [0.29, 0.717) is 34.2 Å². The highest BCUT2D eigenvalue weighted by Gasteiger charge is 2.14. The maximum Gasteiger partial charge on any atom is 0.338 e. The highest BCUT2D eigenvalue weighted by molar-refractivity contribution is 6.33. The summed E-state index contributed by atoms with van der Waals surface area (Å²) in [5, 5.41) is 3.28. The molecule has 3 aromatic rings. The average Bonchev–Trinajstić information content (AvgIpc) is 3.19. The number of benzene rings is 2. The lowest BCUT2D eigenvalue weighted by Gasteiger charge is -2.06. The van der Waals surface area contributed by atoms with Crippen molar-refractivity contribution in [2.45, 2.75) is 19.8 Å². The van der Waals surface area contributed by atoms with Gasteiger partial charge in [-0.3, -0.25) is 4.79 Å². The molecule has 5 nitrogen and oxygen atoms in total. The zero-order valence-corrected chi connectivity index (χ0v) is 16.2. The maximum absolute atomic E-state index is 12.4. The van der Waals surface area contributed by atoms with Gasteiger partial charge in [0.05, 0.1) is 17.2 Å². The molecule has 1 aromatic heterocycles. The van der Waals surface area contributed by atoms with Gasteiger partial charge in [0.25, 0.3) is 5.91 Å². The molecule has 0 saturated carbocycles. The molecule has 144 valence electrons. The lowest BCUT2D eigenvalue weighted by atomic mass is 10.2. The Bertz CT molecular complexity index is 963. The van der Waals surface area contributed by atoms with Crippen molar-refractivity contribution >= 4 is 29.2 Å². The molecule has 1 N–H and O–H groups in total. The molecule has 0 aliphatic heterocycles. The number of esters is 1. The fraction of sp³-hybridized carbons (Fsp3) is 0.182. The van der Waals surface area contributed by atoms with Gasteiger partial charge in [-0.2, -0.15) is 0 Å². The summed E-state index contributed by atoms with van der Waals surface area (Å²) in [4.78, 5) is 24.3. The van der Waals surface area contributed by atoms with Crippen molar-refractivity contribution in [3.8, 4) is 11.3 Å². The molecule has 6 heteroatoms. The van der Waals surface area contributed by atoms with Crippen LogP contribution in [0.25, 0.3) is 11.3 Å². The summed E-state index contributed by atoms with van der Waals surface area (Å²) in [6, 6.07) is 17.1. The Labute approximate surface area is 168 Å². The van der Waals surface area contributed by atoms with Crippen LogP contribution in [0.2, 0.25) is 5.02 Å². The number of rotatable bonds is 7. The van der Waals surface area contributed by atoms with Gasteiger partial charge >= 0.3 is 5.97 Å². The van der Waals surface area contributed by atoms with Crippen LogP contribution in [-0.2, 0) is 4.74 Å². The number of carbonyl (C=O) groups is 2. The van der Waals surface area contributed by atoms with Gasteiger partial charge in [0.15, 0.2) is 5.76 Å². The summed E-state index contributed by atoms with van der Waals surface area (Å²) in [7, 11) is 0. The number of ether oxygens (including phenoxy) is 1. The van der Waals surface area contributed by atoms with E-state index in [1.165, 1.54) is 0 Å². The minimum absolute atomic E-state index is 0.165. The molecule has 28 heavy (non-hydrogen) atoms. The van der Waals surface area contributed by atoms with Crippen molar-refractivity contribution in [2.75, 3.05) is 11.9 Å². The average molecular weight is 398 g/mol. The number of hydrogen-bond donors (Lipinski definition) is 1. The summed E-state index contributed by atoms with van der Waals surface area (Å²) in [6.07, 6.45) is 1.79. The third kappa shape index (κ3) is 4.81. The predicted molar refractivity (Wildman–Crippen MR) is 109 cm³/mol. The van der Waals surface area contributed by atoms with Crippen LogP contribution in [0.1, 0.15) is 40.7 Å². The SMILES string of the molecule is CCCCOC(=O)c1ccc(NC(=O)c2ccc(-c3ccccc3Cl)o2)cc1. The Morgan fingerprint density at radius 3 is 2.50 bits per heavy atom. The first-order chi connectivity index (χ1) is 13.6. The van der Waals surface area contributed by atoms with Crippen LogP contribution in [0.3, 0.4) is 0 Å². The Kier molecular flexibility index (Phi) is 6.50. The van der Waals surface area contributed by atoms with Crippen LogP contribution in [0, 0.1) is 0 Å². The fourth-order valence-electron chi connectivity index (χ4n) is 2.54. The van der Waals surface area contributed by atoms with E-state index < -0.39 is 5.91 Å². The molecule has 1 amide bonds. The number of halogens is 1. The van der Waals surface area contributed by atoms with Crippen molar-refractivity contribution in [3.63, 3.8) is 0 Å². The number of carbonyl (C=O) groups excluding carboxylic acids is 2. The number of furan rings is 1. The number of hydrogen-bond acceptors (Lipinski definition) is 4. The second kappa shape index (κ2) is 9.24. The molecule has 2 aromatic carbocycles. The van der Waals surface area contributed by atoms with Crippen molar-refractivity contribution in [1.29, 1.82) is 0 Å². The highest BCUT2D eigenvalue weighted by atomic mass is 35.5. The van der Waals surface area contributed by atoms with Gasteiger partial charge in [-0.15, -0.1) is 0 Å². The first kappa shape index (κ1) is 19.7. The van der Waals surface area contributed by atoms with E-state index in [1.807, 2.05) is 25.1 Å². The van der Waals surface area contributed by atoms with Crippen LogP contribution in [0.15, 0.2) is 65.1 Å². The highest BCUT2D eigenvalue weighted by Crippen LogP contribution is 2.29. The van der Waals surface area contributed by atoms with Gasteiger partial charge in [-0.05, 0) is 55.0 Å². The van der Waals surface area contributed by atoms with Crippen molar-refractivity contribution < 1.29 is 18.7 Å². The zero-order valence-electron chi connectivity index (χ0n) is 15.4. The van der Waals surface area contributed by atoms with E-state index in [4.69, 9.17) is 20.8 Å². The van der Waals surface area contributed by atoms with Crippen molar-refractivity contribution in [1.82, 2.24) is 0 Å². The monoisotopic (exact) mass is 397 g/mol. The summed E-state index contributed by atoms with van der Waals surface area (Å²) < 4.78 is 10.8. The second-order valence-corrected chi connectivity index (χ2v) is 6.57. The quantitative estimate of drug-likeness (QED) is 0.403. The molecular weight excluding hydrogens is 378 g/mol. The molecule has 0 saturated heterocycles. The predicted octanol–water partition coefficient (Wildman–Crippen LogP) is 5.81. The molecule has 0 radical (unpaired) electrons. The summed E-state index contributed by atoms with van der Waals surface area (Å²) in [6.45, 7) is 2.43. The van der Waals surface area contributed by atoms with Crippen LogP contribution < -0.4 is 5.32 Å². The van der Waals surface area contributed by atoms with Gasteiger partial charge in [-0.1, -0.05) is 37.1 Å². The Morgan fingerprint density at radius 2 is 1.79 bits per heavy atom. The Balaban J connectivity index is 1.64. The molecule has 1 heterocycles. The zero-order chi connectivity index (χ0) is 19.9. The summed E-state index contributed by atoms with van der Waals surface area (Å²) >= 11 is 6.16. The summed E-state index contributed by atoms with van der Waals surface area (Å²) in [5.41, 5.74) is 1.70. The molecule has 0 fully saturated rings. The first-order valence-corrected chi connectivity index (χ1v) is 9.39. The molecule has 0 unspecified atom stereocenters. The van der Waals surface area contributed by atoms with Crippen molar-refractivity contribution in [3.05, 3.63) is 77.0 Å². The van der Waals surface area contributed by atoms with Crippen LogP contribution in [0.4, 0.5) is 5.69 Å². The summed E-state index contributed by atoms with van der Waals surface area (Å²) in [5.74, 6) is -0.0859. The molecule has 3 rings (SSSR count). The Morgan fingerprint density at radius 1 is 1.04 bits per heavy atom. The number of amides is 1. The first-order valence-electron chi connectivity index (χ1n) is 9.01. The standard InChI is InChI=1S/C22H20ClNO4/c1-2-3-14-27-22(26)15-8-10-16(11-9-15)24-21(25)20-13-12-19(28-20)17-6-4-5-7-18(17)23/h4-13H,2-3,14H2,1H3,(H,24,25). The number of nitrogens with one attached hydrogen (secondary N) is 1. The lowest BCUT2D eigenvalue weighted by molar-refractivity contribution is 0.0499. The van der Waals surface area contributed by atoms with Crippen LogP contribution in [0.5, 0.6) is 0 Å². The molecule has 0 bridgehead atoms. The second-order valence-electron chi connectivity index (χ2n) is 6.16. The van der Waals surface area contributed by atoms with E-state index >= 15 is 0 Å². The third-order valence-corrected chi connectivity index (χ3v) is 4.41. The van der Waals surface area contributed by atoms with Crippen molar-refractivity contribution in [2.24, 2.45) is 0 Å². The van der Waals surface area contributed by atoms with Gasteiger partial charge < -0.3 is 14.5 Å². The molecule has 0 atom stereocenters. The molecule has 0 spiro atoms. The normalized spacial score (nSPS) is 10.5. The van der Waals surface area contributed by atoms with Gasteiger partial charge in [0.2, 0.25) is 0 Å². The largest absolute Gasteiger partial charge is 0.462 e. The molecule has 0 aliphatic rings. The number of unbranched alkanes of at least 4 members (excludes halogenated alkanes) is 1. The Hall–Kier alpha value is -3.05. The number of anilines is 1. The van der Waals surface area contributed by atoms with E-state index in [-0.39, 0.29) is 11.7 Å². The van der Waals surface area contributed by atoms with Crippen LogP contribution >= 0.6 is 11.6 Å². The van der Waals surface area contributed by atoms with Gasteiger partial charge in [0, 0.05) is 11.3 Å². The molecule has 0 aliphatic carbocycles. The van der Waals surface area contributed by atoms with E-state index in [2.05, 4.69) is 5.32 Å². The minimum Gasteiger partial charge on any atom is -0.462 e. The fourth-order valence-corrected chi connectivity index (χ4v) is 2.77. The van der Waals surface area contributed by atoms with E-state index in [0.717, 1.165) is 12.8 Å². The van der Waals surface area contributed by atoms with Crippen LogP contribution in [-0.4, -0.2) is 18.5 Å². The van der Waals surface area contributed by atoms with E-state index in [9.17, 15) is 9.59 Å². The molecular formula is C22H20ClNO4. The van der Waals surface area contributed by atoms with Gasteiger partial charge in [0.1, 0.15) is 5.76 Å². The minimum atomic E-state index is -0.392. The van der Waals surface area contributed by atoms with E-state index in [1.54, 1.807) is 42.5 Å². The van der Waals surface area contributed by atoms with Gasteiger partial charge in [-0.25, -0.2) is 4.79 Å². The smallest absolute Gasteiger partial charge is 0.338 e. The third-order valence-electron chi connectivity index (χ3n) is 4.08. The lowest BCUT2D eigenvalue weighted by Crippen LogP contribution is -2.11. The maximum atomic E-state index is 12.4.